The van der Waals surface area contributed by atoms with Gasteiger partial charge >= 0.3 is 0 Å². The molecule has 3 saturated carbocycles. The molecule has 0 aliphatic heterocycles. The van der Waals surface area contributed by atoms with Crippen molar-refractivity contribution >= 4 is 12.3 Å². The Morgan fingerprint density at radius 1 is 1.13 bits per heavy atom. The Hall–Kier alpha value is -1.12. The maximum absolute atomic E-state index is 12.4. The lowest BCUT2D eigenvalue weighted by molar-refractivity contribution is -0.136. The minimum Gasteiger partial charge on any atom is -0.464 e. The second-order valence-electron chi connectivity index (χ2n) is 8.77. The summed E-state index contributed by atoms with van der Waals surface area (Å²) in [5, 5.41) is 0. The molecule has 0 aromatic carbocycles. The number of hydrogen-bond donors (Lipinski definition) is 0. The second-order valence-corrected chi connectivity index (χ2v) is 8.77. The summed E-state index contributed by atoms with van der Waals surface area (Å²) in [6, 6.07) is 0. The van der Waals surface area contributed by atoms with Gasteiger partial charge in [-0.15, -0.1) is 0 Å². The molecule has 3 heteroatoms. The molecule has 0 amide bonds. The molecule has 0 bridgehead atoms. The number of hydrogen-bond acceptors (Lipinski definition) is 3. The number of rotatable bonds is 2. The van der Waals surface area contributed by atoms with Gasteiger partial charge in [-0.2, -0.15) is 0 Å². The molecule has 4 aliphatic rings. The van der Waals surface area contributed by atoms with Gasteiger partial charge in [0.2, 0.25) is 0 Å². The highest BCUT2D eigenvalue weighted by Crippen LogP contribution is 2.64. The van der Waals surface area contributed by atoms with Crippen LogP contribution in [0.2, 0.25) is 0 Å². The van der Waals surface area contributed by atoms with E-state index in [1.165, 1.54) is 12.0 Å². The van der Waals surface area contributed by atoms with Crippen LogP contribution in [0.5, 0.6) is 0 Å². The van der Waals surface area contributed by atoms with Crippen LogP contribution < -0.4 is 0 Å². The third-order valence-corrected chi connectivity index (χ3v) is 8.02. The topological polar surface area (TPSA) is 43.4 Å². The number of allylic oxidation sites excluding steroid dienone is 1. The quantitative estimate of drug-likeness (QED) is 0.570. The number of fused-ring (bicyclic) bond motifs is 5. The van der Waals surface area contributed by atoms with Crippen LogP contribution >= 0.6 is 0 Å². The van der Waals surface area contributed by atoms with Gasteiger partial charge in [0.1, 0.15) is 11.9 Å². The molecule has 3 fully saturated rings. The third-order valence-electron chi connectivity index (χ3n) is 8.02. The van der Waals surface area contributed by atoms with E-state index in [9.17, 15) is 9.59 Å². The summed E-state index contributed by atoms with van der Waals surface area (Å²) in [4.78, 5) is 23.1. The van der Waals surface area contributed by atoms with Crippen molar-refractivity contribution in [3.05, 3.63) is 11.6 Å². The van der Waals surface area contributed by atoms with Crippen LogP contribution in [0.25, 0.3) is 0 Å². The van der Waals surface area contributed by atoms with Gasteiger partial charge in [-0.1, -0.05) is 25.5 Å². The highest BCUT2D eigenvalue weighted by molar-refractivity contribution is 5.87. The zero-order valence-electron chi connectivity index (χ0n) is 14.3. The summed E-state index contributed by atoms with van der Waals surface area (Å²) in [6.45, 7) is 5.28. The molecule has 3 nitrogen and oxygen atoms in total. The lowest BCUT2D eigenvalue weighted by Gasteiger charge is -2.56. The maximum Gasteiger partial charge on any atom is 0.293 e. The second kappa shape index (κ2) is 5.19. The number of Topliss-reactive ketones (excluding diaryl/α,β-unsaturated/α-hetero) is 1. The standard InChI is InChI=1S/C20H28O3/c1-19-9-7-14(23-12-21)11-13(19)3-4-15-16-5-6-18(22)20(16,2)10-8-17(15)19/h3,12,14-17H,4-11H2,1-2H3/t14-,15-,16?,17-,19-,20-/m0/s1. The number of carbonyl (C=O) groups is 2. The van der Waals surface area contributed by atoms with Crippen molar-refractivity contribution < 1.29 is 14.3 Å². The zero-order valence-corrected chi connectivity index (χ0v) is 14.3. The first kappa shape index (κ1) is 15.4. The minimum absolute atomic E-state index is 0.0410. The van der Waals surface area contributed by atoms with Gasteiger partial charge in [0.15, 0.2) is 0 Å². The van der Waals surface area contributed by atoms with E-state index in [-0.39, 0.29) is 16.9 Å². The highest BCUT2D eigenvalue weighted by atomic mass is 16.5. The highest BCUT2D eigenvalue weighted by Gasteiger charge is 2.58. The van der Waals surface area contributed by atoms with Crippen LogP contribution in [0.1, 0.15) is 65.2 Å². The molecule has 0 aromatic rings. The number of ketones is 1. The summed E-state index contributed by atoms with van der Waals surface area (Å²) < 4.78 is 5.25. The van der Waals surface area contributed by atoms with E-state index in [2.05, 4.69) is 19.9 Å². The van der Waals surface area contributed by atoms with Gasteiger partial charge in [0, 0.05) is 18.3 Å². The number of carbonyl (C=O) groups excluding carboxylic acids is 2. The average Bonchev–Trinajstić information content (AvgIpc) is 2.84. The van der Waals surface area contributed by atoms with Gasteiger partial charge in [-0.3, -0.25) is 9.59 Å². The Morgan fingerprint density at radius 2 is 1.87 bits per heavy atom. The predicted molar refractivity (Wildman–Crippen MR) is 87.6 cm³/mol. The summed E-state index contributed by atoms with van der Waals surface area (Å²) in [5.74, 6) is 2.50. The fraction of sp³-hybridized carbons (Fsp3) is 0.800. The Morgan fingerprint density at radius 3 is 2.65 bits per heavy atom. The van der Waals surface area contributed by atoms with Gasteiger partial charge in [-0.25, -0.2) is 0 Å². The lowest BCUT2D eigenvalue weighted by Crippen LogP contribution is -2.50. The van der Waals surface area contributed by atoms with Gasteiger partial charge in [-0.05, 0) is 61.7 Å². The Balaban J connectivity index is 1.63. The van der Waals surface area contributed by atoms with Crippen molar-refractivity contribution in [3.8, 4) is 0 Å². The summed E-state index contributed by atoms with van der Waals surface area (Å²) in [5.41, 5.74) is 1.74. The first-order valence-electron chi connectivity index (χ1n) is 9.31. The molecule has 4 rings (SSSR count). The van der Waals surface area contributed by atoms with Crippen LogP contribution in [0.15, 0.2) is 11.6 Å². The van der Waals surface area contributed by atoms with Crippen LogP contribution in [-0.4, -0.2) is 18.4 Å². The van der Waals surface area contributed by atoms with E-state index in [1.54, 1.807) is 0 Å². The molecule has 0 spiro atoms. The molecule has 6 atom stereocenters. The molecular formula is C20H28O3. The third kappa shape index (κ3) is 2.08. The normalized spacial score (nSPS) is 48.8. The minimum atomic E-state index is -0.0410. The molecule has 0 radical (unpaired) electrons. The van der Waals surface area contributed by atoms with E-state index >= 15 is 0 Å². The maximum atomic E-state index is 12.4. The van der Waals surface area contributed by atoms with Crippen molar-refractivity contribution in [2.75, 3.05) is 0 Å². The van der Waals surface area contributed by atoms with Crippen LogP contribution in [0, 0.1) is 28.6 Å². The molecule has 0 saturated heterocycles. The Bertz CT molecular complexity index is 565. The van der Waals surface area contributed by atoms with Gasteiger partial charge in [0.05, 0.1) is 0 Å². The summed E-state index contributed by atoms with van der Waals surface area (Å²) in [6.07, 6.45) is 10.8. The van der Waals surface area contributed by atoms with Crippen molar-refractivity contribution in [1.82, 2.24) is 0 Å². The Kier molecular flexibility index (Phi) is 3.48. The lowest BCUT2D eigenvalue weighted by atomic mass is 9.48. The van der Waals surface area contributed by atoms with Crippen molar-refractivity contribution in [2.45, 2.75) is 71.3 Å². The van der Waals surface area contributed by atoms with Crippen LogP contribution in [0.3, 0.4) is 0 Å². The van der Waals surface area contributed by atoms with E-state index in [0.717, 1.165) is 44.9 Å². The van der Waals surface area contributed by atoms with E-state index in [1.807, 2.05) is 0 Å². The molecule has 0 heterocycles. The molecule has 4 aliphatic carbocycles. The predicted octanol–water partition coefficient (Wildman–Crippen LogP) is 4.06. The molecular weight excluding hydrogens is 288 g/mol. The van der Waals surface area contributed by atoms with Crippen LogP contribution in [-0.2, 0) is 14.3 Å². The molecule has 126 valence electrons. The number of ether oxygens (including phenoxy) is 1. The first-order chi connectivity index (χ1) is 11.0. The fourth-order valence-corrected chi connectivity index (χ4v) is 6.59. The average molecular weight is 316 g/mol. The van der Waals surface area contributed by atoms with Crippen molar-refractivity contribution in [2.24, 2.45) is 28.6 Å². The summed E-state index contributed by atoms with van der Waals surface area (Å²) in [7, 11) is 0. The van der Waals surface area contributed by atoms with E-state index in [4.69, 9.17) is 4.74 Å². The molecule has 1 unspecified atom stereocenters. The molecule has 0 aromatic heterocycles. The Labute approximate surface area is 138 Å². The monoisotopic (exact) mass is 316 g/mol. The van der Waals surface area contributed by atoms with Crippen molar-refractivity contribution in [3.63, 3.8) is 0 Å². The zero-order chi connectivity index (χ0) is 16.2. The van der Waals surface area contributed by atoms with Crippen molar-refractivity contribution in [1.29, 1.82) is 0 Å². The van der Waals surface area contributed by atoms with Crippen LogP contribution in [0.4, 0.5) is 0 Å². The molecule has 0 N–H and O–H groups in total. The first-order valence-corrected chi connectivity index (χ1v) is 9.31. The smallest absolute Gasteiger partial charge is 0.293 e. The van der Waals surface area contributed by atoms with E-state index < -0.39 is 0 Å². The van der Waals surface area contributed by atoms with Gasteiger partial charge < -0.3 is 4.74 Å². The SMILES string of the molecule is C[C@]12CC[C@H](OC=O)CC1=CC[C@H]1C3CCC(=O)[C@@]3(C)CC[C@@H]12. The summed E-state index contributed by atoms with van der Waals surface area (Å²) >= 11 is 0. The molecule has 23 heavy (non-hydrogen) atoms. The fourth-order valence-electron chi connectivity index (χ4n) is 6.59. The van der Waals surface area contributed by atoms with E-state index in [0.29, 0.717) is 30.0 Å². The largest absolute Gasteiger partial charge is 0.464 e. The van der Waals surface area contributed by atoms with Gasteiger partial charge in [0.25, 0.3) is 6.47 Å².